The van der Waals surface area contributed by atoms with Gasteiger partial charge in [0.25, 0.3) is 0 Å². The monoisotopic (exact) mass is 154 g/mol. The Kier molecular flexibility index (Phi) is 2.12. The average molecular weight is 154 g/mol. The predicted octanol–water partition coefficient (Wildman–Crippen LogP) is 1.42. The lowest BCUT2D eigenvalue weighted by Crippen LogP contribution is -2.43. The van der Waals surface area contributed by atoms with Crippen molar-refractivity contribution in [2.45, 2.75) is 25.6 Å². The maximum absolute atomic E-state index is 8.49. The van der Waals surface area contributed by atoms with Crippen molar-refractivity contribution in [1.29, 1.82) is 5.26 Å². The van der Waals surface area contributed by atoms with Gasteiger partial charge in [0.15, 0.2) is 0 Å². The van der Waals surface area contributed by atoms with Gasteiger partial charge >= 0.3 is 0 Å². The number of rotatable bonds is 1. The molecule has 0 radical (unpaired) electrons. The van der Waals surface area contributed by atoms with Crippen molar-refractivity contribution in [2.75, 3.05) is 13.1 Å². The Morgan fingerprint density at radius 2 is 2.30 bits per heavy atom. The number of nitrogens with zero attached hydrogens (tertiary/aromatic N) is 2. The van der Waals surface area contributed by atoms with Gasteiger partial charge in [-0.2, -0.15) is 5.26 Å². The van der Waals surface area contributed by atoms with E-state index in [-0.39, 0.29) is 0 Å². The topological polar surface area (TPSA) is 27.0 Å². The van der Waals surface area contributed by atoms with E-state index in [1.807, 2.05) is 0 Å². The van der Waals surface area contributed by atoms with Gasteiger partial charge in [0.2, 0.25) is 0 Å². The van der Waals surface area contributed by atoms with Crippen LogP contribution in [-0.2, 0) is 0 Å². The highest BCUT2D eigenvalue weighted by atomic mass is 28.3. The van der Waals surface area contributed by atoms with E-state index in [0.717, 1.165) is 6.54 Å². The Hall–Kier alpha value is -0.333. The second-order valence-corrected chi connectivity index (χ2v) is 8.25. The van der Waals surface area contributed by atoms with Crippen LogP contribution in [0.1, 0.15) is 6.42 Å². The van der Waals surface area contributed by atoms with Crippen LogP contribution in [0.3, 0.4) is 0 Å². The van der Waals surface area contributed by atoms with E-state index >= 15 is 0 Å². The van der Waals surface area contributed by atoms with Crippen molar-refractivity contribution in [3.63, 3.8) is 0 Å². The molecule has 0 atom stereocenters. The van der Waals surface area contributed by atoms with Crippen LogP contribution in [0.25, 0.3) is 0 Å². The largest absolute Gasteiger partial charge is 0.312 e. The van der Waals surface area contributed by atoms with E-state index in [2.05, 4.69) is 23.7 Å². The first kappa shape index (κ1) is 7.77. The zero-order valence-corrected chi connectivity index (χ0v) is 7.72. The van der Waals surface area contributed by atoms with Gasteiger partial charge in [0.05, 0.1) is 12.6 Å². The molecular formula is C7H14N2Si. The van der Waals surface area contributed by atoms with E-state index in [1.54, 1.807) is 0 Å². The molecule has 0 amide bonds. The SMILES string of the molecule is C[Si]1(C)CCCN1CC#N. The molecule has 0 bridgehead atoms. The van der Waals surface area contributed by atoms with Crippen molar-refractivity contribution in [3.8, 4) is 6.07 Å². The van der Waals surface area contributed by atoms with Crippen LogP contribution < -0.4 is 0 Å². The van der Waals surface area contributed by atoms with Crippen LogP contribution in [0.5, 0.6) is 0 Å². The lowest BCUT2D eigenvalue weighted by atomic mass is 10.5. The molecule has 3 heteroatoms. The van der Waals surface area contributed by atoms with Crippen LogP contribution in [0.4, 0.5) is 0 Å². The van der Waals surface area contributed by atoms with Crippen molar-refractivity contribution in [1.82, 2.24) is 4.57 Å². The molecule has 1 aliphatic heterocycles. The highest BCUT2D eigenvalue weighted by molar-refractivity contribution is 6.75. The van der Waals surface area contributed by atoms with Gasteiger partial charge < -0.3 is 4.57 Å². The predicted molar refractivity (Wildman–Crippen MR) is 44.1 cm³/mol. The summed E-state index contributed by atoms with van der Waals surface area (Å²) in [5.74, 6) is 0. The first-order valence-corrected chi connectivity index (χ1v) is 6.94. The summed E-state index contributed by atoms with van der Waals surface area (Å²) in [5.41, 5.74) is 0. The summed E-state index contributed by atoms with van der Waals surface area (Å²) in [6, 6.07) is 3.60. The minimum absolute atomic E-state index is 0.652. The molecule has 0 aromatic rings. The van der Waals surface area contributed by atoms with Crippen molar-refractivity contribution < 1.29 is 0 Å². The summed E-state index contributed by atoms with van der Waals surface area (Å²) in [6.45, 7) is 6.50. The second-order valence-electron chi connectivity index (χ2n) is 3.50. The molecule has 0 N–H and O–H groups in total. The third-order valence-electron chi connectivity index (χ3n) is 2.33. The second kappa shape index (κ2) is 2.73. The molecule has 1 rings (SSSR count). The van der Waals surface area contributed by atoms with E-state index in [1.165, 1.54) is 12.5 Å². The van der Waals surface area contributed by atoms with Gasteiger partial charge in [-0.25, -0.2) is 0 Å². The first-order valence-electron chi connectivity index (χ1n) is 3.79. The van der Waals surface area contributed by atoms with Gasteiger partial charge in [-0.15, -0.1) is 0 Å². The van der Waals surface area contributed by atoms with Crippen LogP contribution >= 0.6 is 0 Å². The highest BCUT2D eigenvalue weighted by Gasteiger charge is 2.33. The molecule has 1 saturated heterocycles. The van der Waals surface area contributed by atoms with Gasteiger partial charge in [-0.1, -0.05) is 13.1 Å². The molecule has 1 heterocycles. The molecule has 0 aromatic carbocycles. The first-order chi connectivity index (χ1) is 4.67. The molecule has 56 valence electrons. The van der Waals surface area contributed by atoms with Crippen molar-refractivity contribution in [2.24, 2.45) is 0 Å². The molecule has 0 saturated carbocycles. The maximum atomic E-state index is 8.49. The minimum atomic E-state index is -1.08. The molecule has 0 unspecified atom stereocenters. The van der Waals surface area contributed by atoms with Gasteiger partial charge in [0.1, 0.15) is 8.24 Å². The summed E-state index contributed by atoms with van der Waals surface area (Å²) < 4.78 is 2.38. The Labute approximate surface area is 63.5 Å². The third-order valence-corrected chi connectivity index (χ3v) is 6.01. The van der Waals surface area contributed by atoms with Crippen LogP contribution in [0.15, 0.2) is 0 Å². The fourth-order valence-electron chi connectivity index (χ4n) is 1.54. The zero-order valence-electron chi connectivity index (χ0n) is 6.72. The summed E-state index contributed by atoms with van der Waals surface area (Å²) in [4.78, 5) is 0. The molecule has 2 nitrogen and oxygen atoms in total. The van der Waals surface area contributed by atoms with Gasteiger partial charge in [-0.05, 0) is 19.0 Å². The molecule has 0 aromatic heterocycles. The number of hydrogen-bond donors (Lipinski definition) is 0. The molecule has 1 aliphatic rings. The fraction of sp³-hybridized carbons (Fsp3) is 0.857. The summed E-state index contributed by atoms with van der Waals surface area (Å²) in [5, 5.41) is 8.49. The normalized spacial score (nSPS) is 24.5. The number of hydrogen-bond acceptors (Lipinski definition) is 2. The summed E-state index contributed by atoms with van der Waals surface area (Å²) in [6.07, 6.45) is 1.31. The van der Waals surface area contributed by atoms with Crippen molar-refractivity contribution in [3.05, 3.63) is 0 Å². The number of nitriles is 1. The van der Waals surface area contributed by atoms with E-state index in [4.69, 9.17) is 5.26 Å². The fourth-order valence-corrected chi connectivity index (χ4v) is 4.14. The van der Waals surface area contributed by atoms with Gasteiger partial charge in [0, 0.05) is 0 Å². The smallest absolute Gasteiger partial charge is 0.123 e. The minimum Gasteiger partial charge on any atom is -0.312 e. The van der Waals surface area contributed by atoms with E-state index in [9.17, 15) is 0 Å². The Morgan fingerprint density at radius 1 is 1.60 bits per heavy atom. The third kappa shape index (κ3) is 1.39. The molecular weight excluding hydrogens is 140 g/mol. The summed E-state index contributed by atoms with van der Waals surface area (Å²) >= 11 is 0. The summed E-state index contributed by atoms with van der Waals surface area (Å²) in [7, 11) is -1.08. The Bertz CT molecular complexity index is 159. The average Bonchev–Trinajstić information content (AvgIpc) is 2.13. The molecule has 0 spiro atoms. The Balaban J connectivity index is 2.53. The van der Waals surface area contributed by atoms with E-state index in [0.29, 0.717) is 6.54 Å². The van der Waals surface area contributed by atoms with Crippen molar-refractivity contribution >= 4 is 8.24 Å². The maximum Gasteiger partial charge on any atom is 0.123 e. The van der Waals surface area contributed by atoms with Crippen LogP contribution in [0, 0.1) is 11.3 Å². The van der Waals surface area contributed by atoms with E-state index < -0.39 is 8.24 Å². The quantitative estimate of drug-likeness (QED) is 0.422. The van der Waals surface area contributed by atoms with Gasteiger partial charge in [-0.3, -0.25) is 0 Å². The molecule has 0 aliphatic carbocycles. The molecule has 1 fully saturated rings. The van der Waals surface area contributed by atoms with Crippen LogP contribution in [0.2, 0.25) is 19.1 Å². The zero-order chi connectivity index (χ0) is 7.61. The Morgan fingerprint density at radius 3 is 2.70 bits per heavy atom. The van der Waals surface area contributed by atoms with Crippen LogP contribution in [-0.4, -0.2) is 25.9 Å². The lowest BCUT2D eigenvalue weighted by Gasteiger charge is -2.26. The highest BCUT2D eigenvalue weighted by Crippen LogP contribution is 2.24. The lowest BCUT2D eigenvalue weighted by molar-refractivity contribution is 0.511. The standard InChI is InChI=1S/C7H14N2Si/c1-10(2)7-3-5-9(10)6-4-8/h3,5-7H2,1-2H3. The molecule has 10 heavy (non-hydrogen) atoms.